The molecule has 0 radical (unpaired) electrons. The van der Waals surface area contributed by atoms with E-state index in [2.05, 4.69) is 36.2 Å². The highest BCUT2D eigenvalue weighted by Gasteiger charge is 2.35. The van der Waals surface area contributed by atoms with Gasteiger partial charge in [0.25, 0.3) is 0 Å². The fourth-order valence-electron chi connectivity index (χ4n) is 3.58. The smallest absolute Gasteiger partial charge is 0.217 e. The van der Waals surface area contributed by atoms with Crippen molar-refractivity contribution in [2.45, 2.75) is 33.4 Å². The summed E-state index contributed by atoms with van der Waals surface area (Å²) in [5.41, 5.74) is 1.22. The molecule has 1 aromatic rings. The van der Waals surface area contributed by atoms with E-state index in [9.17, 15) is 4.79 Å². The largest absolute Gasteiger partial charge is 0.486 e. The highest BCUT2D eigenvalue weighted by molar-refractivity contribution is 5.73. The molecule has 1 amide bonds. The lowest BCUT2D eigenvalue weighted by molar-refractivity contribution is -0.119. The molecule has 2 atom stereocenters. The van der Waals surface area contributed by atoms with Crippen LogP contribution < -0.4 is 14.8 Å². The number of ether oxygens (including phenoxy) is 2. The number of rotatable bonds is 4. The van der Waals surface area contributed by atoms with E-state index in [1.165, 1.54) is 5.56 Å². The molecular weight excluding hydrogens is 292 g/mol. The van der Waals surface area contributed by atoms with E-state index in [0.29, 0.717) is 25.0 Å². The van der Waals surface area contributed by atoms with Gasteiger partial charge in [-0.05, 0) is 29.5 Å². The molecule has 5 nitrogen and oxygen atoms in total. The lowest BCUT2D eigenvalue weighted by Gasteiger charge is -2.22. The highest BCUT2D eigenvalue weighted by Crippen LogP contribution is 2.32. The zero-order chi connectivity index (χ0) is 16.4. The molecule has 23 heavy (non-hydrogen) atoms. The van der Waals surface area contributed by atoms with Crippen molar-refractivity contribution in [3.63, 3.8) is 0 Å². The standard InChI is InChI=1S/C18H26N2O3/c1-12(2)15-10-20(11-16(15)19-13(3)21)9-14-4-5-17-18(8-14)23-7-6-22-17/h4-5,8,12,15-16H,6-7,9-11H2,1-3H3,(H,19,21). The van der Waals surface area contributed by atoms with Crippen molar-refractivity contribution in [2.24, 2.45) is 11.8 Å². The topological polar surface area (TPSA) is 50.8 Å². The summed E-state index contributed by atoms with van der Waals surface area (Å²) < 4.78 is 11.2. The molecule has 0 spiro atoms. The number of benzene rings is 1. The van der Waals surface area contributed by atoms with Crippen LogP contribution in [0, 0.1) is 11.8 Å². The minimum Gasteiger partial charge on any atom is -0.486 e. The summed E-state index contributed by atoms with van der Waals surface area (Å²) in [7, 11) is 0. The molecule has 5 heteroatoms. The Hall–Kier alpha value is -1.75. The quantitative estimate of drug-likeness (QED) is 0.923. The van der Waals surface area contributed by atoms with Gasteiger partial charge in [-0.15, -0.1) is 0 Å². The van der Waals surface area contributed by atoms with E-state index in [-0.39, 0.29) is 11.9 Å². The van der Waals surface area contributed by atoms with Crippen LogP contribution >= 0.6 is 0 Å². The highest BCUT2D eigenvalue weighted by atomic mass is 16.6. The molecule has 2 unspecified atom stereocenters. The lowest BCUT2D eigenvalue weighted by atomic mass is 9.91. The normalized spacial score (nSPS) is 24.0. The van der Waals surface area contributed by atoms with Crippen LogP contribution in [0.25, 0.3) is 0 Å². The van der Waals surface area contributed by atoms with Gasteiger partial charge >= 0.3 is 0 Å². The molecule has 0 bridgehead atoms. The van der Waals surface area contributed by atoms with Gasteiger partial charge in [-0.1, -0.05) is 19.9 Å². The maximum Gasteiger partial charge on any atom is 0.217 e. The minimum atomic E-state index is 0.0572. The summed E-state index contributed by atoms with van der Waals surface area (Å²) in [6, 6.07) is 6.41. The van der Waals surface area contributed by atoms with Crippen molar-refractivity contribution < 1.29 is 14.3 Å². The summed E-state index contributed by atoms with van der Waals surface area (Å²) in [6.07, 6.45) is 0. The Bertz CT molecular complexity index is 573. The second-order valence-corrected chi connectivity index (χ2v) is 6.89. The van der Waals surface area contributed by atoms with Crippen molar-refractivity contribution in [3.05, 3.63) is 23.8 Å². The molecule has 0 saturated carbocycles. The molecular formula is C18H26N2O3. The maximum atomic E-state index is 11.4. The number of nitrogens with zero attached hydrogens (tertiary/aromatic N) is 1. The van der Waals surface area contributed by atoms with Crippen molar-refractivity contribution in [2.75, 3.05) is 26.3 Å². The van der Waals surface area contributed by atoms with Gasteiger partial charge in [0.15, 0.2) is 11.5 Å². The van der Waals surface area contributed by atoms with Crippen LogP contribution in [-0.4, -0.2) is 43.2 Å². The van der Waals surface area contributed by atoms with E-state index < -0.39 is 0 Å². The second kappa shape index (κ2) is 6.79. The van der Waals surface area contributed by atoms with Gasteiger partial charge in [-0.2, -0.15) is 0 Å². The molecule has 2 aliphatic rings. The summed E-state index contributed by atoms with van der Waals surface area (Å²) in [4.78, 5) is 13.8. The molecule has 1 N–H and O–H groups in total. The lowest BCUT2D eigenvalue weighted by Crippen LogP contribution is -2.40. The average molecular weight is 318 g/mol. The third-order valence-corrected chi connectivity index (χ3v) is 4.70. The van der Waals surface area contributed by atoms with Gasteiger partial charge < -0.3 is 14.8 Å². The molecule has 1 aromatic carbocycles. The number of fused-ring (bicyclic) bond motifs is 1. The van der Waals surface area contributed by atoms with Crippen LogP contribution in [0.3, 0.4) is 0 Å². The molecule has 2 heterocycles. The van der Waals surface area contributed by atoms with Gasteiger partial charge in [0.05, 0.1) is 0 Å². The van der Waals surface area contributed by atoms with Crippen molar-refractivity contribution >= 4 is 5.91 Å². The summed E-state index contributed by atoms with van der Waals surface area (Å²) in [5.74, 6) is 2.78. The van der Waals surface area contributed by atoms with Crippen LogP contribution in [0.2, 0.25) is 0 Å². The first-order chi connectivity index (χ1) is 11.0. The van der Waals surface area contributed by atoms with Crippen LogP contribution in [0.5, 0.6) is 11.5 Å². The Morgan fingerprint density at radius 1 is 1.26 bits per heavy atom. The van der Waals surface area contributed by atoms with Gasteiger partial charge in [0.1, 0.15) is 13.2 Å². The van der Waals surface area contributed by atoms with E-state index in [1.807, 2.05) is 6.07 Å². The Morgan fingerprint density at radius 2 is 2.00 bits per heavy atom. The first kappa shape index (κ1) is 16.1. The van der Waals surface area contributed by atoms with Crippen molar-refractivity contribution in [1.29, 1.82) is 0 Å². The Kier molecular flexibility index (Phi) is 4.76. The van der Waals surface area contributed by atoms with Gasteiger partial charge in [0, 0.05) is 32.6 Å². The predicted octanol–water partition coefficient (Wildman–Crippen LogP) is 2.05. The molecule has 0 aliphatic carbocycles. The molecule has 1 saturated heterocycles. The zero-order valence-corrected chi connectivity index (χ0v) is 14.2. The number of hydrogen-bond acceptors (Lipinski definition) is 4. The van der Waals surface area contributed by atoms with Crippen molar-refractivity contribution in [3.8, 4) is 11.5 Å². The van der Waals surface area contributed by atoms with Gasteiger partial charge in [-0.25, -0.2) is 0 Å². The Labute approximate surface area is 137 Å². The molecule has 3 rings (SSSR count). The van der Waals surface area contributed by atoms with E-state index in [0.717, 1.165) is 31.1 Å². The van der Waals surface area contributed by atoms with Gasteiger partial charge in [-0.3, -0.25) is 9.69 Å². The van der Waals surface area contributed by atoms with E-state index in [1.54, 1.807) is 6.92 Å². The molecule has 0 aromatic heterocycles. The number of likely N-dealkylation sites (tertiary alicyclic amines) is 1. The fourth-order valence-corrected chi connectivity index (χ4v) is 3.58. The molecule has 1 fully saturated rings. The number of hydrogen-bond donors (Lipinski definition) is 1. The summed E-state index contributed by atoms with van der Waals surface area (Å²) >= 11 is 0. The predicted molar refractivity (Wildman–Crippen MR) is 88.6 cm³/mol. The summed E-state index contributed by atoms with van der Waals surface area (Å²) in [6.45, 7) is 10.1. The van der Waals surface area contributed by atoms with Crippen LogP contribution in [0.15, 0.2) is 18.2 Å². The third-order valence-electron chi connectivity index (χ3n) is 4.70. The summed E-state index contributed by atoms with van der Waals surface area (Å²) in [5, 5.41) is 3.11. The number of carbonyl (C=O) groups is 1. The fraction of sp³-hybridized carbons (Fsp3) is 0.611. The maximum absolute atomic E-state index is 11.4. The monoisotopic (exact) mass is 318 g/mol. The molecule has 126 valence electrons. The van der Waals surface area contributed by atoms with Crippen LogP contribution in [-0.2, 0) is 11.3 Å². The van der Waals surface area contributed by atoms with Crippen molar-refractivity contribution in [1.82, 2.24) is 10.2 Å². The van der Waals surface area contributed by atoms with Gasteiger partial charge in [0.2, 0.25) is 5.91 Å². The number of nitrogens with one attached hydrogen (secondary N) is 1. The Morgan fingerprint density at radius 3 is 2.70 bits per heavy atom. The second-order valence-electron chi connectivity index (χ2n) is 6.89. The minimum absolute atomic E-state index is 0.0572. The number of carbonyl (C=O) groups excluding carboxylic acids is 1. The SMILES string of the molecule is CC(=O)NC1CN(Cc2ccc3c(c2)OCCO3)CC1C(C)C. The van der Waals surface area contributed by atoms with Crippen LogP contribution in [0.4, 0.5) is 0 Å². The van der Waals surface area contributed by atoms with E-state index >= 15 is 0 Å². The average Bonchev–Trinajstić information content (AvgIpc) is 2.89. The first-order valence-electron chi connectivity index (χ1n) is 8.41. The van der Waals surface area contributed by atoms with Crippen LogP contribution in [0.1, 0.15) is 26.3 Å². The first-order valence-corrected chi connectivity index (χ1v) is 8.41. The Balaban J connectivity index is 1.67. The van der Waals surface area contributed by atoms with E-state index in [4.69, 9.17) is 9.47 Å². The molecule has 2 aliphatic heterocycles. The number of amides is 1. The zero-order valence-electron chi connectivity index (χ0n) is 14.2. The third kappa shape index (κ3) is 3.78.